The molecule has 0 saturated carbocycles. The van der Waals surface area contributed by atoms with Gasteiger partial charge >= 0.3 is 0 Å². The molecule has 0 aliphatic rings. The molecule has 2 rings (SSSR count). The lowest BCUT2D eigenvalue weighted by molar-refractivity contribution is 0.414. The molecule has 0 aliphatic carbocycles. The Hall–Kier alpha value is -1.94. The zero-order valence-corrected chi connectivity index (χ0v) is 12.2. The monoisotopic (exact) mass is 291 g/mol. The molecule has 0 saturated heterocycles. The van der Waals surface area contributed by atoms with E-state index in [2.05, 4.69) is 5.32 Å². The second-order valence-electron chi connectivity index (χ2n) is 5.07. The highest BCUT2D eigenvalue weighted by atomic mass is 19.1. The molecule has 0 aromatic heterocycles. The van der Waals surface area contributed by atoms with Gasteiger partial charge in [0.15, 0.2) is 0 Å². The van der Waals surface area contributed by atoms with Gasteiger partial charge in [-0.15, -0.1) is 0 Å². The number of hydrogen-bond acceptors (Lipinski definition) is 2. The van der Waals surface area contributed by atoms with Crippen molar-refractivity contribution in [2.24, 2.45) is 0 Å². The van der Waals surface area contributed by atoms with Crippen LogP contribution in [-0.4, -0.2) is 13.2 Å². The Morgan fingerprint density at radius 1 is 1.10 bits per heavy atom. The van der Waals surface area contributed by atoms with Gasteiger partial charge in [0.1, 0.15) is 17.4 Å². The van der Waals surface area contributed by atoms with Crippen LogP contribution in [0.2, 0.25) is 0 Å². The van der Waals surface area contributed by atoms with Crippen molar-refractivity contribution in [1.29, 1.82) is 0 Å². The van der Waals surface area contributed by atoms with Crippen LogP contribution in [-0.2, 0) is 13.0 Å². The molecule has 0 radical (unpaired) electrons. The topological polar surface area (TPSA) is 21.3 Å². The average molecular weight is 291 g/mol. The number of rotatable bonds is 6. The van der Waals surface area contributed by atoms with E-state index in [4.69, 9.17) is 4.74 Å². The fraction of sp³-hybridized carbons (Fsp3) is 0.294. The molecule has 2 aromatic rings. The van der Waals surface area contributed by atoms with E-state index in [1.165, 1.54) is 17.7 Å². The predicted octanol–water partition coefficient (Wildman–Crippen LogP) is 3.69. The lowest BCUT2D eigenvalue weighted by Gasteiger charge is -2.14. The number of halogens is 2. The maximum atomic E-state index is 13.5. The molecule has 2 nitrogen and oxygen atoms in total. The maximum Gasteiger partial charge on any atom is 0.130 e. The first kappa shape index (κ1) is 15.4. The summed E-state index contributed by atoms with van der Waals surface area (Å²) in [6.45, 7) is 2.41. The second-order valence-corrected chi connectivity index (χ2v) is 5.07. The largest absolute Gasteiger partial charge is 0.497 e. The Balaban J connectivity index is 1.87. The van der Waals surface area contributed by atoms with E-state index in [0.29, 0.717) is 12.1 Å². The van der Waals surface area contributed by atoms with Gasteiger partial charge in [-0.1, -0.05) is 18.2 Å². The summed E-state index contributed by atoms with van der Waals surface area (Å²) in [6.07, 6.45) is 0.826. The van der Waals surface area contributed by atoms with Crippen LogP contribution in [0, 0.1) is 11.6 Å². The Labute approximate surface area is 123 Å². The molecule has 0 bridgehead atoms. The summed E-state index contributed by atoms with van der Waals surface area (Å²) in [5, 5.41) is 3.24. The van der Waals surface area contributed by atoms with Gasteiger partial charge in [-0.05, 0) is 37.1 Å². The first-order chi connectivity index (χ1) is 10.1. The summed E-state index contributed by atoms with van der Waals surface area (Å²) < 4.78 is 31.5. The minimum Gasteiger partial charge on any atom is -0.497 e. The summed E-state index contributed by atoms with van der Waals surface area (Å²) in [6, 6.07) is 11.7. The third-order valence-corrected chi connectivity index (χ3v) is 3.36. The minimum absolute atomic E-state index is 0.183. The quantitative estimate of drug-likeness (QED) is 0.876. The van der Waals surface area contributed by atoms with E-state index in [9.17, 15) is 8.78 Å². The van der Waals surface area contributed by atoms with Crippen LogP contribution in [0.5, 0.6) is 5.75 Å². The van der Waals surface area contributed by atoms with E-state index in [1.54, 1.807) is 7.11 Å². The van der Waals surface area contributed by atoms with Gasteiger partial charge in [0.05, 0.1) is 7.11 Å². The highest BCUT2D eigenvalue weighted by molar-refractivity contribution is 5.27. The van der Waals surface area contributed by atoms with E-state index < -0.39 is 11.6 Å². The summed E-state index contributed by atoms with van der Waals surface area (Å²) >= 11 is 0. The lowest BCUT2D eigenvalue weighted by Crippen LogP contribution is -2.27. The molecule has 0 fully saturated rings. The van der Waals surface area contributed by atoms with Gasteiger partial charge < -0.3 is 10.1 Å². The molecular weight excluding hydrogens is 272 g/mol. The third-order valence-electron chi connectivity index (χ3n) is 3.36. The molecule has 0 aliphatic heterocycles. The normalized spacial score (nSPS) is 12.2. The maximum absolute atomic E-state index is 13.5. The van der Waals surface area contributed by atoms with Crippen molar-refractivity contribution < 1.29 is 13.5 Å². The minimum atomic E-state index is -0.553. The zero-order valence-electron chi connectivity index (χ0n) is 12.2. The van der Waals surface area contributed by atoms with Crippen LogP contribution < -0.4 is 10.1 Å². The SMILES string of the molecule is COc1ccc(CC(C)NCc2ccc(F)cc2F)cc1. The van der Waals surface area contributed by atoms with Gasteiger partial charge in [0, 0.05) is 24.2 Å². The molecular formula is C17H19F2NO. The van der Waals surface area contributed by atoms with Gasteiger partial charge in [-0.3, -0.25) is 0 Å². The third kappa shape index (κ3) is 4.53. The van der Waals surface area contributed by atoms with Gasteiger partial charge in [0.25, 0.3) is 0 Å². The Kier molecular flexibility index (Phi) is 5.28. The van der Waals surface area contributed by atoms with Crippen LogP contribution in [0.15, 0.2) is 42.5 Å². The molecule has 1 N–H and O–H groups in total. The summed E-state index contributed by atoms with van der Waals surface area (Å²) in [7, 11) is 1.64. The van der Waals surface area contributed by atoms with Crippen LogP contribution in [0.1, 0.15) is 18.1 Å². The number of benzene rings is 2. The molecule has 21 heavy (non-hydrogen) atoms. The number of methoxy groups -OCH3 is 1. The standard InChI is InChI=1S/C17H19F2NO/c1-12(9-13-3-7-16(21-2)8-4-13)20-11-14-5-6-15(18)10-17(14)19/h3-8,10,12,20H,9,11H2,1-2H3. The van der Waals surface area contributed by atoms with Crippen molar-refractivity contribution in [3.8, 4) is 5.75 Å². The molecule has 0 amide bonds. The van der Waals surface area contributed by atoms with Crippen LogP contribution >= 0.6 is 0 Å². The highest BCUT2D eigenvalue weighted by Gasteiger charge is 2.07. The summed E-state index contributed by atoms with van der Waals surface area (Å²) in [4.78, 5) is 0. The van der Waals surface area contributed by atoms with Gasteiger partial charge in [-0.25, -0.2) is 8.78 Å². The predicted molar refractivity (Wildman–Crippen MR) is 79.4 cm³/mol. The number of hydrogen-bond donors (Lipinski definition) is 1. The van der Waals surface area contributed by atoms with Crippen molar-refractivity contribution >= 4 is 0 Å². The second kappa shape index (κ2) is 7.18. The molecule has 4 heteroatoms. The Morgan fingerprint density at radius 2 is 1.81 bits per heavy atom. The molecule has 1 atom stereocenters. The van der Waals surface area contributed by atoms with Crippen LogP contribution in [0.3, 0.4) is 0 Å². The van der Waals surface area contributed by atoms with Crippen molar-refractivity contribution in [1.82, 2.24) is 5.32 Å². The number of ether oxygens (including phenoxy) is 1. The fourth-order valence-electron chi connectivity index (χ4n) is 2.14. The Bertz CT molecular complexity index is 584. The van der Waals surface area contributed by atoms with Crippen molar-refractivity contribution in [3.05, 3.63) is 65.2 Å². The highest BCUT2D eigenvalue weighted by Crippen LogP contribution is 2.13. The number of nitrogens with one attached hydrogen (secondary N) is 1. The van der Waals surface area contributed by atoms with Gasteiger partial charge in [-0.2, -0.15) is 0 Å². The molecule has 112 valence electrons. The van der Waals surface area contributed by atoms with E-state index in [-0.39, 0.29) is 6.04 Å². The first-order valence-corrected chi connectivity index (χ1v) is 6.88. The average Bonchev–Trinajstić information content (AvgIpc) is 2.47. The van der Waals surface area contributed by atoms with Crippen molar-refractivity contribution in [2.45, 2.75) is 25.9 Å². The summed E-state index contributed by atoms with van der Waals surface area (Å²) in [5.74, 6) is -0.241. The van der Waals surface area contributed by atoms with Crippen LogP contribution in [0.4, 0.5) is 8.78 Å². The fourth-order valence-corrected chi connectivity index (χ4v) is 2.14. The smallest absolute Gasteiger partial charge is 0.130 e. The van der Waals surface area contributed by atoms with Gasteiger partial charge in [0.2, 0.25) is 0 Å². The van der Waals surface area contributed by atoms with Crippen LogP contribution in [0.25, 0.3) is 0 Å². The molecule has 0 spiro atoms. The first-order valence-electron chi connectivity index (χ1n) is 6.88. The van der Waals surface area contributed by atoms with E-state index >= 15 is 0 Å². The molecule has 0 heterocycles. The zero-order chi connectivity index (χ0) is 15.2. The summed E-state index contributed by atoms with van der Waals surface area (Å²) in [5.41, 5.74) is 1.65. The Morgan fingerprint density at radius 3 is 2.43 bits per heavy atom. The lowest BCUT2D eigenvalue weighted by atomic mass is 10.1. The molecule has 1 unspecified atom stereocenters. The van der Waals surface area contributed by atoms with Crippen molar-refractivity contribution in [3.63, 3.8) is 0 Å². The van der Waals surface area contributed by atoms with E-state index in [0.717, 1.165) is 18.2 Å². The van der Waals surface area contributed by atoms with Crippen molar-refractivity contribution in [2.75, 3.05) is 7.11 Å². The molecule has 2 aromatic carbocycles. The van der Waals surface area contributed by atoms with E-state index in [1.807, 2.05) is 31.2 Å².